The highest BCUT2D eigenvalue weighted by Gasteiger charge is 2.25. The van der Waals surface area contributed by atoms with Gasteiger partial charge in [-0.2, -0.15) is 0 Å². The van der Waals surface area contributed by atoms with Gasteiger partial charge in [0, 0.05) is 12.0 Å². The van der Waals surface area contributed by atoms with Gasteiger partial charge < -0.3 is 0 Å². The number of carbonyl (C=O) groups is 1. The molecule has 0 atom stereocenters. The van der Waals surface area contributed by atoms with Crippen LogP contribution in [-0.4, -0.2) is 5.78 Å². The minimum absolute atomic E-state index is 0.0911. The highest BCUT2D eigenvalue weighted by Crippen LogP contribution is 2.32. The average Bonchev–Trinajstić information content (AvgIpc) is 2.45. The average molecular weight is 247 g/mol. The molecule has 1 aromatic rings. The van der Waals surface area contributed by atoms with Crippen LogP contribution in [0.2, 0.25) is 0 Å². The van der Waals surface area contributed by atoms with Gasteiger partial charge in [0.15, 0.2) is 17.4 Å². The molecule has 0 aliphatic heterocycles. The molecule has 1 nitrogen and oxygen atoms in total. The van der Waals surface area contributed by atoms with Crippen molar-refractivity contribution in [3.63, 3.8) is 0 Å². The SMILES string of the molecule is O=C1CCc2c1cc(F)c(F)c2Br. The van der Waals surface area contributed by atoms with Gasteiger partial charge in [0.2, 0.25) is 0 Å². The Kier molecular flexibility index (Phi) is 1.95. The summed E-state index contributed by atoms with van der Waals surface area (Å²) in [5, 5.41) is 0. The maximum atomic E-state index is 13.0. The second-order valence-corrected chi connectivity index (χ2v) is 3.73. The molecule has 0 aromatic heterocycles. The lowest BCUT2D eigenvalue weighted by Gasteiger charge is -2.02. The van der Waals surface area contributed by atoms with Crippen LogP contribution in [0, 0.1) is 11.6 Å². The van der Waals surface area contributed by atoms with E-state index < -0.39 is 11.6 Å². The second kappa shape index (κ2) is 2.87. The standard InChI is InChI=1S/C9H5BrF2O/c10-8-4-1-2-7(13)5(4)3-6(11)9(8)12/h3H,1-2H2. The smallest absolute Gasteiger partial charge is 0.173 e. The molecule has 0 saturated heterocycles. The van der Waals surface area contributed by atoms with E-state index in [4.69, 9.17) is 0 Å². The van der Waals surface area contributed by atoms with E-state index >= 15 is 0 Å². The normalized spacial score (nSPS) is 14.8. The number of carbonyl (C=O) groups excluding carboxylic acids is 1. The lowest BCUT2D eigenvalue weighted by Crippen LogP contribution is -1.96. The van der Waals surface area contributed by atoms with Crippen LogP contribution in [0.25, 0.3) is 0 Å². The van der Waals surface area contributed by atoms with Crippen LogP contribution in [0.3, 0.4) is 0 Å². The molecule has 0 spiro atoms. The third kappa shape index (κ3) is 1.20. The van der Waals surface area contributed by atoms with Crippen LogP contribution in [-0.2, 0) is 6.42 Å². The Morgan fingerprint density at radius 2 is 2.00 bits per heavy atom. The van der Waals surface area contributed by atoms with Gasteiger partial charge >= 0.3 is 0 Å². The van der Waals surface area contributed by atoms with Gasteiger partial charge in [-0.25, -0.2) is 8.78 Å². The van der Waals surface area contributed by atoms with Crippen molar-refractivity contribution >= 4 is 21.7 Å². The summed E-state index contributed by atoms with van der Waals surface area (Å²) >= 11 is 2.94. The fourth-order valence-corrected chi connectivity index (χ4v) is 2.10. The first kappa shape index (κ1) is 8.81. The number of benzene rings is 1. The van der Waals surface area contributed by atoms with Gasteiger partial charge in [-0.1, -0.05) is 0 Å². The molecule has 1 aliphatic rings. The topological polar surface area (TPSA) is 17.1 Å². The van der Waals surface area contributed by atoms with Crippen molar-refractivity contribution in [2.45, 2.75) is 12.8 Å². The molecule has 0 N–H and O–H groups in total. The van der Waals surface area contributed by atoms with Crippen LogP contribution in [0.4, 0.5) is 8.78 Å². The molecule has 0 bridgehead atoms. The lowest BCUT2D eigenvalue weighted by atomic mass is 10.1. The first-order valence-corrected chi connectivity index (χ1v) is 4.60. The summed E-state index contributed by atoms with van der Waals surface area (Å²) in [4.78, 5) is 11.2. The summed E-state index contributed by atoms with van der Waals surface area (Å²) in [7, 11) is 0. The Labute approximate surface area is 81.9 Å². The number of hydrogen-bond donors (Lipinski definition) is 0. The van der Waals surface area contributed by atoms with Gasteiger partial charge in [0.1, 0.15) is 0 Å². The number of halogens is 3. The number of rotatable bonds is 0. The van der Waals surface area contributed by atoms with Crippen LogP contribution in [0.1, 0.15) is 22.3 Å². The first-order chi connectivity index (χ1) is 6.11. The third-order valence-corrected chi connectivity index (χ3v) is 2.99. The van der Waals surface area contributed by atoms with Crippen molar-refractivity contribution in [2.75, 3.05) is 0 Å². The zero-order chi connectivity index (χ0) is 9.59. The van der Waals surface area contributed by atoms with Crippen molar-refractivity contribution in [3.05, 3.63) is 33.3 Å². The van der Waals surface area contributed by atoms with Crippen molar-refractivity contribution in [1.82, 2.24) is 0 Å². The first-order valence-electron chi connectivity index (χ1n) is 3.81. The van der Waals surface area contributed by atoms with Gasteiger partial charge in [-0.15, -0.1) is 0 Å². The van der Waals surface area contributed by atoms with Crippen molar-refractivity contribution in [2.24, 2.45) is 0 Å². The van der Waals surface area contributed by atoms with Crippen LogP contribution in [0.15, 0.2) is 10.5 Å². The highest BCUT2D eigenvalue weighted by atomic mass is 79.9. The zero-order valence-electron chi connectivity index (χ0n) is 6.53. The highest BCUT2D eigenvalue weighted by molar-refractivity contribution is 9.10. The molecule has 0 saturated carbocycles. The summed E-state index contributed by atoms with van der Waals surface area (Å²) in [6, 6.07) is 0.977. The Hall–Kier alpha value is -0.770. The largest absolute Gasteiger partial charge is 0.294 e. The van der Waals surface area contributed by atoms with E-state index in [0.717, 1.165) is 6.07 Å². The molecule has 4 heteroatoms. The molecule has 1 aromatic carbocycles. The third-order valence-electron chi connectivity index (χ3n) is 2.17. The van der Waals surface area contributed by atoms with Crippen molar-refractivity contribution in [3.8, 4) is 0 Å². The number of fused-ring (bicyclic) bond motifs is 1. The molecule has 0 amide bonds. The maximum absolute atomic E-state index is 13.0. The molecule has 13 heavy (non-hydrogen) atoms. The minimum Gasteiger partial charge on any atom is -0.294 e. The number of ketones is 1. The van der Waals surface area contributed by atoms with E-state index in [1.807, 2.05) is 0 Å². The Morgan fingerprint density at radius 1 is 1.31 bits per heavy atom. The second-order valence-electron chi connectivity index (χ2n) is 2.94. The van der Waals surface area contributed by atoms with Crippen LogP contribution in [0.5, 0.6) is 0 Å². The Balaban J connectivity index is 2.74. The maximum Gasteiger partial charge on any atom is 0.173 e. The quantitative estimate of drug-likeness (QED) is 0.644. The molecule has 0 heterocycles. The fraction of sp³-hybridized carbons (Fsp3) is 0.222. The Bertz CT molecular complexity index is 401. The van der Waals surface area contributed by atoms with Crippen LogP contribution >= 0.6 is 15.9 Å². The minimum atomic E-state index is -0.971. The Morgan fingerprint density at radius 3 is 2.69 bits per heavy atom. The molecule has 2 rings (SSSR count). The molecule has 1 aliphatic carbocycles. The van der Waals surface area contributed by atoms with E-state index in [1.165, 1.54) is 0 Å². The monoisotopic (exact) mass is 246 g/mol. The van der Waals surface area contributed by atoms with E-state index in [1.54, 1.807) is 0 Å². The summed E-state index contributed by atoms with van der Waals surface area (Å²) in [6.45, 7) is 0. The van der Waals surface area contributed by atoms with E-state index in [0.29, 0.717) is 24.0 Å². The summed E-state index contributed by atoms with van der Waals surface area (Å²) < 4.78 is 25.9. The lowest BCUT2D eigenvalue weighted by molar-refractivity contribution is 0.0994. The predicted molar refractivity (Wildman–Crippen MR) is 46.7 cm³/mol. The van der Waals surface area contributed by atoms with Crippen molar-refractivity contribution < 1.29 is 13.6 Å². The number of Topliss-reactive ketones (excluding diaryl/α,β-unsaturated/α-hetero) is 1. The zero-order valence-corrected chi connectivity index (χ0v) is 8.12. The molecule has 0 radical (unpaired) electrons. The van der Waals surface area contributed by atoms with Gasteiger partial charge in [-0.3, -0.25) is 4.79 Å². The summed E-state index contributed by atoms with van der Waals surface area (Å²) in [5.74, 6) is -2.00. The molecule has 0 unspecified atom stereocenters. The van der Waals surface area contributed by atoms with E-state index in [-0.39, 0.29) is 10.3 Å². The molecular weight excluding hydrogens is 242 g/mol. The number of hydrogen-bond acceptors (Lipinski definition) is 1. The molecule has 68 valence electrons. The molecular formula is C9H5BrF2O. The van der Waals surface area contributed by atoms with E-state index in [9.17, 15) is 13.6 Å². The molecule has 0 fully saturated rings. The predicted octanol–water partition coefficient (Wildman–Crippen LogP) is 2.86. The van der Waals surface area contributed by atoms with Crippen LogP contribution < -0.4 is 0 Å². The van der Waals surface area contributed by atoms with Crippen molar-refractivity contribution in [1.29, 1.82) is 0 Å². The van der Waals surface area contributed by atoms with Gasteiger partial charge in [0.05, 0.1) is 4.47 Å². The van der Waals surface area contributed by atoms with Gasteiger partial charge in [-0.05, 0) is 34.0 Å². The summed E-state index contributed by atoms with van der Waals surface area (Å²) in [6.07, 6.45) is 0.836. The van der Waals surface area contributed by atoms with Gasteiger partial charge in [0.25, 0.3) is 0 Å². The van der Waals surface area contributed by atoms with E-state index in [2.05, 4.69) is 15.9 Å². The fourth-order valence-electron chi connectivity index (χ4n) is 1.50. The summed E-state index contributed by atoms with van der Waals surface area (Å²) in [5.41, 5.74) is 0.898.